The van der Waals surface area contributed by atoms with E-state index < -0.39 is 29.8 Å². The number of sulfonamides is 1. The van der Waals surface area contributed by atoms with E-state index in [2.05, 4.69) is 5.32 Å². The molecule has 2 aliphatic rings. The number of fused-ring (bicyclic) bond motifs is 1. The van der Waals surface area contributed by atoms with Crippen LogP contribution in [0.5, 0.6) is 5.75 Å². The number of amides is 1. The molecule has 2 aromatic rings. The van der Waals surface area contributed by atoms with Gasteiger partial charge in [-0.15, -0.1) is 0 Å². The summed E-state index contributed by atoms with van der Waals surface area (Å²) in [5.74, 6) is 0.218. The minimum absolute atomic E-state index is 0.00807. The Morgan fingerprint density at radius 2 is 1.72 bits per heavy atom. The molecule has 2 aromatic carbocycles. The van der Waals surface area contributed by atoms with Gasteiger partial charge >= 0.3 is 7.60 Å². The van der Waals surface area contributed by atoms with Crippen molar-refractivity contribution in [2.24, 2.45) is 17.8 Å². The van der Waals surface area contributed by atoms with Crippen molar-refractivity contribution in [3.63, 3.8) is 0 Å². The van der Waals surface area contributed by atoms with Gasteiger partial charge in [0.1, 0.15) is 5.75 Å². The van der Waals surface area contributed by atoms with Crippen LogP contribution >= 0.6 is 7.60 Å². The Morgan fingerprint density at radius 1 is 1.04 bits per heavy atom. The number of hydrogen-bond acceptors (Lipinski definition) is 10. The maximum absolute atomic E-state index is 13.9. The summed E-state index contributed by atoms with van der Waals surface area (Å²) >= 11 is 0. The summed E-state index contributed by atoms with van der Waals surface area (Å²) in [5.41, 5.74) is 0.900. The van der Waals surface area contributed by atoms with Crippen LogP contribution in [0, 0.1) is 17.8 Å². The van der Waals surface area contributed by atoms with Gasteiger partial charge in [-0.1, -0.05) is 44.2 Å². The van der Waals surface area contributed by atoms with Gasteiger partial charge in [-0.25, -0.2) is 8.42 Å². The highest BCUT2D eigenvalue weighted by Crippen LogP contribution is 2.48. The lowest BCUT2D eigenvalue weighted by molar-refractivity contribution is -0.124. The van der Waals surface area contributed by atoms with E-state index in [-0.39, 0.29) is 73.9 Å². The number of nitrogens with one attached hydrogen (secondary N) is 1. The summed E-state index contributed by atoms with van der Waals surface area (Å²) in [7, 11) is -7.52. The smallest absolute Gasteiger partial charge is 0.367 e. The Kier molecular flexibility index (Phi) is 13.8. The molecular formula is C33H49N2O10PS. The molecule has 0 spiro atoms. The van der Waals surface area contributed by atoms with Crippen LogP contribution in [-0.2, 0) is 44.3 Å². The summed E-state index contributed by atoms with van der Waals surface area (Å²) in [5, 5.41) is 14.6. The third-order valence-electron chi connectivity index (χ3n) is 8.18. The molecule has 12 nitrogen and oxygen atoms in total. The first-order chi connectivity index (χ1) is 22.4. The molecule has 0 radical (unpaired) electrons. The first-order valence-corrected chi connectivity index (χ1v) is 19.5. The van der Waals surface area contributed by atoms with Gasteiger partial charge < -0.3 is 33.7 Å². The van der Waals surface area contributed by atoms with Crippen LogP contribution in [0.4, 0.5) is 0 Å². The largest absolute Gasteiger partial charge is 0.481 e. The van der Waals surface area contributed by atoms with Crippen LogP contribution in [0.2, 0.25) is 0 Å². The van der Waals surface area contributed by atoms with Gasteiger partial charge in [-0.05, 0) is 68.4 Å². The Bertz CT molecular complexity index is 1420. The van der Waals surface area contributed by atoms with Gasteiger partial charge in [-0.3, -0.25) is 9.36 Å². The van der Waals surface area contributed by atoms with E-state index >= 15 is 0 Å². The first-order valence-electron chi connectivity index (χ1n) is 16.3. The molecule has 2 heterocycles. The predicted octanol–water partition coefficient (Wildman–Crippen LogP) is 4.42. The summed E-state index contributed by atoms with van der Waals surface area (Å²) in [6, 6.07) is 14.5. The molecule has 0 bridgehead atoms. The number of rotatable bonds is 19. The minimum Gasteiger partial charge on any atom is -0.481 e. The van der Waals surface area contributed by atoms with Gasteiger partial charge in [0, 0.05) is 25.4 Å². The maximum Gasteiger partial charge on any atom is 0.367 e. The zero-order valence-electron chi connectivity index (χ0n) is 27.7. The molecule has 0 unspecified atom stereocenters. The van der Waals surface area contributed by atoms with Crippen LogP contribution in [0.3, 0.4) is 0 Å². The molecule has 262 valence electrons. The van der Waals surface area contributed by atoms with Crippen LogP contribution < -0.4 is 10.1 Å². The number of carbonyl (C=O) groups is 1. The molecule has 5 atom stereocenters. The minimum atomic E-state index is -4.06. The fourth-order valence-electron chi connectivity index (χ4n) is 5.95. The lowest BCUT2D eigenvalue weighted by Gasteiger charge is -2.31. The summed E-state index contributed by atoms with van der Waals surface area (Å²) < 4.78 is 69.2. The molecule has 2 aliphatic heterocycles. The van der Waals surface area contributed by atoms with E-state index in [1.54, 1.807) is 13.8 Å². The quantitative estimate of drug-likeness (QED) is 0.202. The van der Waals surface area contributed by atoms with Crippen LogP contribution in [0.1, 0.15) is 46.1 Å². The molecule has 0 saturated carbocycles. The third-order valence-corrected chi connectivity index (χ3v) is 11.8. The lowest BCUT2D eigenvalue weighted by atomic mass is 9.90. The zero-order chi connectivity index (χ0) is 34.0. The Morgan fingerprint density at radius 3 is 2.36 bits per heavy atom. The van der Waals surface area contributed by atoms with Crippen LogP contribution in [-0.4, -0.2) is 88.0 Å². The second-order valence-electron chi connectivity index (χ2n) is 12.3. The van der Waals surface area contributed by atoms with Gasteiger partial charge in [-0.2, -0.15) is 4.31 Å². The Labute approximate surface area is 278 Å². The molecular weight excluding hydrogens is 647 g/mol. The Balaban J connectivity index is 1.47. The van der Waals surface area contributed by atoms with Crippen molar-refractivity contribution in [2.45, 2.75) is 70.3 Å². The molecule has 2 fully saturated rings. The van der Waals surface area contributed by atoms with Gasteiger partial charge in [0.25, 0.3) is 0 Å². The highest BCUT2D eigenvalue weighted by Gasteiger charge is 2.42. The number of benzene rings is 2. The van der Waals surface area contributed by atoms with Crippen molar-refractivity contribution >= 4 is 23.5 Å². The third kappa shape index (κ3) is 10.6. The van der Waals surface area contributed by atoms with Crippen molar-refractivity contribution < 1.29 is 46.1 Å². The number of ether oxygens (including phenoxy) is 3. The van der Waals surface area contributed by atoms with E-state index in [0.717, 1.165) is 12.0 Å². The van der Waals surface area contributed by atoms with Crippen molar-refractivity contribution in [2.75, 3.05) is 45.9 Å². The highest BCUT2D eigenvalue weighted by molar-refractivity contribution is 7.89. The SMILES string of the molecule is CCOP(=O)(COc1ccc(S(=O)(=O)N(CC(C)C)C[C@@H](O)[C@H](Cc2ccccc2)NC(=O)C[C@H]2CO[C@H]3OCC[C@@H]23)cc1)OCC. The number of hydrogen-bond donors (Lipinski definition) is 2. The number of nitrogens with zero attached hydrogens (tertiary/aromatic N) is 1. The van der Waals surface area contributed by atoms with Crippen LogP contribution in [0.25, 0.3) is 0 Å². The van der Waals surface area contributed by atoms with Crippen molar-refractivity contribution in [3.8, 4) is 5.75 Å². The van der Waals surface area contributed by atoms with E-state index in [1.807, 2.05) is 44.2 Å². The van der Waals surface area contributed by atoms with Crippen molar-refractivity contribution in [3.05, 3.63) is 60.2 Å². The molecule has 14 heteroatoms. The van der Waals surface area contributed by atoms with Crippen molar-refractivity contribution in [1.29, 1.82) is 0 Å². The normalized spacial score (nSPS) is 21.1. The molecule has 47 heavy (non-hydrogen) atoms. The summed E-state index contributed by atoms with van der Waals surface area (Å²) in [6.45, 7) is 8.56. The first kappa shape index (κ1) is 37.5. The molecule has 2 N–H and O–H groups in total. The lowest BCUT2D eigenvalue weighted by Crippen LogP contribution is -2.51. The zero-order valence-corrected chi connectivity index (χ0v) is 29.4. The number of aliphatic hydroxyl groups is 1. The van der Waals surface area contributed by atoms with E-state index in [4.69, 9.17) is 23.3 Å². The maximum atomic E-state index is 13.9. The fourth-order valence-corrected chi connectivity index (χ4v) is 8.89. The topological polar surface area (TPSA) is 150 Å². The van der Waals surface area contributed by atoms with Gasteiger partial charge in [0.15, 0.2) is 12.6 Å². The second-order valence-corrected chi connectivity index (χ2v) is 16.3. The Hall–Kier alpha value is -2.35. The standard InChI is InChI=1S/C33H49N2O10PS/c1-5-44-46(38,45-6-2)23-43-27-12-14-28(15-13-27)47(39,40)35(20-24(3)4)21-31(36)30(18-25-10-8-7-9-11-25)34-32(37)19-26-22-42-33-29(26)16-17-41-33/h7-15,24,26,29-31,33,36H,5-6,16-23H2,1-4H3,(H,34,37)/t26-,29-,30-,31+,33+/m0/s1. The number of carbonyl (C=O) groups excluding carboxylic acids is 1. The van der Waals surface area contributed by atoms with E-state index in [0.29, 0.717) is 25.4 Å². The molecule has 4 rings (SSSR count). The van der Waals surface area contributed by atoms with Crippen LogP contribution in [0.15, 0.2) is 59.5 Å². The average Bonchev–Trinajstić information content (AvgIpc) is 3.65. The molecule has 0 aromatic heterocycles. The molecule has 1 amide bonds. The monoisotopic (exact) mass is 696 g/mol. The second kappa shape index (κ2) is 17.3. The summed E-state index contributed by atoms with van der Waals surface area (Å²) in [4.78, 5) is 13.3. The van der Waals surface area contributed by atoms with Gasteiger partial charge in [0.05, 0.1) is 43.5 Å². The molecule has 0 aliphatic carbocycles. The number of aliphatic hydroxyl groups excluding tert-OH is 1. The summed E-state index contributed by atoms with van der Waals surface area (Å²) in [6.07, 6.45) is -0.391. The van der Waals surface area contributed by atoms with Gasteiger partial charge in [0.2, 0.25) is 15.9 Å². The highest BCUT2D eigenvalue weighted by atomic mass is 32.2. The molecule has 2 saturated heterocycles. The van der Waals surface area contributed by atoms with E-state index in [9.17, 15) is 22.9 Å². The predicted molar refractivity (Wildman–Crippen MR) is 176 cm³/mol. The van der Waals surface area contributed by atoms with Crippen molar-refractivity contribution in [1.82, 2.24) is 9.62 Å². The van der Waals surface area contributed by atoms with E-state index in [1.165, 1.54) is 28.6 Å². The average molecular weight is 697 g/mol. The fraction of sp³-hybridized carbons (Fsp3) is 0.606.